The molecule has 0 radical (unpaired) electrons. The van der Waals surface area contributed by atoms with Crippen LogP contribution in [0.25, 0.3) is 0 Å². The fourth-order valence-corrected chi connectivity index (χ4v) is 0.493. The van der Waals surface area contributed by atoms with Crippen LogP contribution in [0.4, 0.5) is 0 Å². The highest BCUT2D eigenvalue weighted by Gasteiger charge is 2.06. The van der Waals surface area contributed by atoms with Crippen molar-refractivity contribution in [2.24, 2.45) is 10.4 Å². The summed E-state index contributed by atoms with van der Waals surface area (Å²) in [6, 6.07) is 0. The second-order valence-electron chi connectivity index (χ2n) is 0.921. The summed E-state index contributed by atoms with van der Waals surface area (Å²) in [6.45, 7) is 0.709. The minimum absolute atomic E-state index is 0.183. The molecular weight excluding hydrogens is 195 g/mol. The van der Waals surface area contributed by atoms with Crippen molar-refractivity contribution in [1.29, 1.82) is 0 Å². The van der Waals surface area contributed by atoms with E-state index in [4.69, 9.17) is 0 Å². The Balaban J connectivity index is 2.32. The summed E-state index contributed by atoms with van der Waals surface area (Å²) in [5.41, 5.74) is 0. The van der Waals surface area contributed by atoms with Crippen molar-refractivity contribution in [2.75, 3.05) is 6.54 Å². The van der Waals surface area contributed by atoms with Gasteiger partial charge in [0.15, 0.2) is 0 Å². The predicted molar refractivity (Wildman–Crippen MR) is 28.6 cm³/mol. The van der Waals surface area contributed by atoms with Gasteiger partial charge in [-0.15, -0.1) is 5.11 Å². The molecule has 0 spiro atoms. The molecule has 3 nitrogen and oxygen atoms in total. The molecule has 34 valence electrons. The summed E-state index contributed by atoms with van der Waals surface area (Å²) < 4.78 is 0.183. The Morgan fingerprint density at radius 2 is 2.67 bits per heavy atom. The fourth-order valence-electron chi connectivity index (χ4n) is 0.215. The summed E-state index contributed by atoms with van der Waals surface area (Å²) in [7, 11) is 0. The lowest BCUT2D eigenvalue weighted by atomic mass is 10.8. The number of hydrogen-bond acceptors (Lipinski definition) is 3. The number of halogens is 1. The van der Waals surface area contributed by atoms with E-state index in [1.165, 1.54) is 0 Å². The zero-order chi connectivity index (χ0) is 4.41. The Morgan fingerprint density at radius 3 is 2.83 bits per heavy atom. The quantitative estimate of drug-likeness (QED) is 0.424. The lowest BCUT2D eigenvalue weighted by molar-refractivity contribution is 0.161. The molecular formula is C2H3IN2O. The first-order valence-corrected chi connectivity index (χ1v) is 2.81. The van der Waals surface area contributed by atoms with Crippen molar-refractivity contribution in [3.05, 3.63) is 0 Å². The average Bonchev–Trinajstić information content (AvgIpc) is 1.86. The van der Waals surface area contributed by atoms with Gasteiger partial charge in [-0.1, -0.05) is 0 Å². The third kappa shape index (κ3) is 0.796. The highest BCUT2D eigenvalue weighted by molar-refractivity contribution is 14.1. The van der Waals surface area contributed by atoms with Gasteiger partial charge in [0.05, 0.1) is 0 Å². The van der Waals surface area contributed by atoms with E-state index in [0.717, 1.165) is 0 Å². The van der Waals surface area contributed by atoms with Gasteiger partial charge in [0.25, 0.3) is 0 Å². The van der Waals surface area contributed by atoms with Gasteiger partial charge in [0.1, 0.15) is 6.54 Å². The van der Waals surface area contributed by atoms with Gasteiger partial charge in [-0.2, -0.15) is 0 Å². The zero-order valence-electron chi connectivity index (χ0n) is 2.97. The van der Waals surface area contributed by atoms with Crippen molar-refractivity contribution in [1.82, 2.24) is 0 Å². The van der Waals surface area contributed by atoms with Crippen molar-refractivity contribution < 1.29 is 4.84 Å². The van der Waals surface area contributed by atoms with Crippen molar-refractivity contribution in [3.63, 3.8) is 0 Å². The first-order chi connectivity index (χ1) is 2.89. The summed E-state index contributed by atoms with van der Waals surface area (Å²) in [6.07, 6.45) is 0. The Bertz CT molecular complexity index is 65.9. The molecule has 0 bridgehead atoms. The summed E-state index contributed by atoms with van der Waals surface area (Å²) in [5, 5.41) is 6.84. The molecule has 0 saturated carbocycles. The Labute approximate surface area is 48.9 Å². The molecule has 1 atom stereocenters. The lowest BCUT2D eigenvalue weighted by Crippen LogP contribution is -1.94. The molecule has 0 N–H and O–H groups in total. The molecule has 1 heterocycles. The third-order valence-corrected chi connectivity index (χ3v) is 1.07. The second kappa shape index (κ2) is 1.72. The van der Waals surface area contributed by atoms with Gasteiger partial charge in [-0.3, -0.25) is 0 Å². The molecule has 0 aromatic heterocycles. The van der Waals surface area contributed by atoms with E-state index in [0.29, 0.717) is 6.54 Å². The van der Waals surface area contributed by atoms with Crippen LogP contribution in [0, 0.1) is 0 Å². The molecule has 0 aliphatic carbocycles. The largest absolute Gasteiger partial charge is 0.363 e. The maximum atomic E-state index is 4.60. The molecule has 1 aliphatic heterocycles. The average molecular weight is 198 g/mol. The zero-order valence-corrected chi connectivity index (χ0v) is 5.12. The van der Waals surface area contributed by atoms with Crippen molar-refractivity contribution >= 4 is 22.6 Å². The lowest BCUT2D eigenvalue weighted by Gasteiger charge is -1.88. The highest BCUT2D eigenvalue weighted by Crippen LogP contribution is 2.09. The Morgan fingerprint density at radius 1 is 1.83 bits per heavy atom. The van der Waals surface area contributed by atoms with Crippen LogP contribution in [-0.4, -0.2) is 10.7 Å². The SMILES string of the molecule is IC1CN=NO1. The van der Waals surface area contributed by atoms with Crippen LogP contribution in [0.2, 0.25) is 0 Å². The van der Waals surface area contributed by atoms with Gasteiger partial charge in [0, 0.05) is 5.28 Å². The van der Waals surface area contributed by atoms with Crippen molar-refractivity contribution in [2.45, 2.75) is 4.11 Å². The van der Waals surface area contributed by atoms with E-state index >= 15 is 0 Å². The standard InChI is InChI=1S/C2H3IN2O/c3-2-1-4-5-6-2/h2H,1H2. The van der Waals surface area contributed by atoms with E-state index in [-0.39, 0.29) is 4.11 Å². The topological polar surface area (TPSA) is 34.0 Å². The minimum Gasteiger partial charge on any atom is -0.363 e. The molecule has 0 amide bonds. The van der Waals surface area contributed by atoms with Gasteiger partial charge in [0.2, 0.25) is 4.11 Å². The minimum atomic E-state index is 0.183. The number of hydrogen-bond donors (Lipinski definition) is 0. The van der Waals surface area contributed by atoms with Crippen LogP contribution < -0.4 is 0 Å². The fraction of sp³-hybridized carbons (Fsp3) is 1.00. The van der Waals surface area contributed by atoms with Crippen LogP contribution in [0.3, 0.4) is 0 Å². The van der Waals surface area contributed by atoms with E-state index in [2.05, 4.69) is 37.8 Å². The maximum Gasteiger partial charge on any atom is 0.200 e. The van der Waals surface area contributed by atoms with Crippen LogP contribution in [0.1, 0.15) is 0 Å². The van der Waals surface area contributed by atoms with E-state index in [1.54, 1.807) is 0 Å². The van der Waals surface area contributed by atoms with Crippen molar-refractivity contribution in [3.8, 4) is 0 Å². The van der Waals surface area contributed by atoms with Gasteiger partial charge in [-0.05, 0) is 22.6 Å². The summed E-state index contributed by atoms with van der Waals surface area (Å²) in [4.78, 5) is 4.60. The molecule has 1 rings (SSSR count). The van der Waals surface area contributed by atoms with Gasteiger partial charge in [-0.25, -0.2) is 0 Å². The van der Waals surface area contributed by atoms with Crippen LogP contribution in [-0.2, 0) is 4.84 Å². The van der Waals surface area contributed by atoms with Gasteiger partial charge >= 0.3 is 0 Å². The molecule has 1 aliphatic rings. The normalized spacial score (nSPS) is 30.5. The van der Waals surface area contributed by atoms with E-state index in [1.807, 2.05) is 0 Å². The molecule has 0 saturated heterocycles. The summed E-state index contributed by atoms with van der Waals surface area (Å²) in [5.74, 6) is 0. The first-order valence-electron chi connectivity index (χ1n) is 1.56. The third-order valence-electron chi connectivity index (χ3n) is 0.444. The van der Waals surface area contributed by atoms with Crippen LogP contribution >= 0.6 is 22.6 Å². The molecule has 0 aromatic rings. The molecule has 1 unspecified atom stereocenters. The van der Waals surface area contributed by atoms with Crippen LogP contribution in [0.5, 0.6) is 0 Å². The molecule has 6 heavy (non-hydrogen) atoms. The molecule has 0 fully saturated rings. The van der Waals surface area contributed by atoms with E-state index in [9.17, 15) is 0 Å². The van der Waals surface area contributed by atoms with E-state index < -0.39 is 0 Å². The monoisotopic (exact) mass is 198 g/mol. The second-order valence-corrected chi connectivity index (χ2v) is 2.31. The number of rotatable bonds is 0. The van der Waals surface area contributed by atoms with Crippen LogP contribution in [0.15, 0.2) is 10.4 Å². The predicted octanol–water partition coefficient (Wildman–Crippen LogP) is 1.14. The molecule has 0 aromatic carbocycles. The maximum absolute atomic E-state index is 4.60. The summed E-state index contributed by atoms with van der Waals surface area (Å²) >= 11 is 2.12. The first kappa shape index (κ1) is 4.29. The molecule has 4 heteroatoms. The van der Waals surface area contributed by atoms with Gasteiger partial charge < -0.3 is 4.84 Å². The number of alkyl halides is 1. The highest BCUT2D eigenvalue weighted by atomic mass is 127. The number of nitrogens with zero attached hydrogens (tertiary/aromatic N) is 2. The Kier molecular flexibility index (Phi) is 1.23. The Hall–Kier alpha value is 0.130. The smallest absolute Gasteiger partial charge is 0.200 e.